The Morgan fingerprint density at radius 2 is 1.73 bits per heavy atom. The number of rotatable bonds is 4. The summed E-state index contributed by atoms with van der Waals surface area (Å²) in [7, 11) is 1.31. The second kappa shape index (κ2) is 7.29. The van der Waals surface area contributed by atoms with Crippen molar-refractivity contribution in [2.75, 3.05) is 12.4 Å². The minimum Gasteiger partial charge on any atom is -0.465 e. The highest BCUT2D eigenvalue weighted by Gasteiger charge is 2.08. The summed E-state index contributed by atoms with van der Waals surface area (Å²) in [5.41, 5.74) is 1.78. The minimum atomic E-state index is -0.423. The van der Waals surface area contributed by atoms with Crippen LogP contribution in [0.15, 0.2) is 42.5 Å². The number of nitrogens with one attached hydrogen (secondary N) is 1. The zero-order valence-electron chi connectivity index (χ0n) is 11.7. The number of carbonyl (C=O) groups is 2. The molecule has 0 aromatic heterocycles. The SMILES string of the molecule is COC(=O)c1ccc(NC(=O)Cc2ccc(Cl)c(Cl)c2)cc1. The van der Waals surface area contributed by atoms with Gasteiger partial charge in [-0.2, -0.15) is 0 Å². The Labute approximate surface area is 138 Å². The van der Waals surface area contributed by atoms with Gasteiger partial charge in [-0.3, -0.25) is 4.79 Å². The molecule has 0 saturated carbocycles. The van der Waals surface area contributed by atoms with E-state index in [9.17, 15) is 9.59 Å². The molecule has 0 unspecified atom stereocenters. The van der Waals surface area contributed by atoms with Gasteiger partial charge in [-0.15, -0.1) is 0 Å². The lowest BCUT2D eigenvalue weighted by Gasteiger charge is -2.07. The molecular weight excluding hydrogens is 325 g/mol. The molecule has 1 amide bonds. The van der Waals surface area contributed by atoms with Gasteiger partial charge < -0.3 is 10.1 Å². The predicted octanol–water partition coefficient (Wildman–Crippen LogP) is 3.96. The molecule has 0 fully saturated rings. The number of esters is 1. The third-order valence-electron chi connectivity index (χ3n) is 2.94. The summed E-state index contributed by atoms with van der Waals surface area (Å²) in [6.45, 7) is 0. The average molecular weight is 338 g/mol. The summed E-state index contributed by atoms with van der Waals surface area (Å²) in [5, 5.41) is 3.60. The zero-order chi connectivity index (χ0) is 16.1. The Balaban J connectivity index is 1.99. The summed E-state index contributed by atoms with van der Waals surface area (Å²) >= 11 is 11.7. The fourth-order valence-electron chi connectivity index (χ4n) is 1.85. The van der Waals surface area contributed by atoms with Crippen molar-refractivity contribution in [3.8, 4) is 0 Å². The summed E-state index contributed by atoms with van der Waals surface area (Å²) in [6.07, 6.45) is 0.176. The number of anilines is 1. The van der Waals surface area contributed by atoms with E-state index in [0.717, 1.165) is 5.56 Å². The van der Waals surface area contributed by atoms with Gasteiger partial charge in [-0.25, -0.2) is 4.79 Å². The summed E-state index contributed by atoms with van der Waals surface area (Å²) in [5.74, 6) is -0.613. The Bertz CT molecular complexity index is 699. The van der Waals surface area contributed by atoms with Crippen LogP contribution in [0.1, 0.15) is 15.9 Å². The largest absolute Gasteiger partial charge is 0.465 e. The van der Waals surface area contributed by atoms with E-state index in [1.165, 1.54) is 7.11 Å². The molecule has 2 rings (SSSR count). The number of amides is 1. The number of halogens is 2. The summed E-state index contributed by atoms with van der Waals surface area (Å²) in [4.78, 5) is 23.3. The van der Waals surface area contributed by atoms with Gasteiger partial charge in [-0.05, 0) is 42.0 Å². The molecule has 0 radical (unpaired) electrons. The van der Waals surface area contributed by atoms with Gasteiger partial charge in [0.2, 0.25) is 5.91 Å². The molecule has 22 heavy (non-hydrogen) atoms. The lowest BCUT2D eigenvalue weighted by Crippen LogP contribution is -2.14. The van der Waals surface area contributed by atoms with Gasteiger partial charge in [-0.1, -0.05) is 29.3 Å². The van der Waals surface area contributed by atoms with Crippen LogP contribution in [0.2, 0.25) is 10.0 Å². The first-order chi connectivity index (χ1) is 10.5. The van der Waals surface area contributed by atoms with Gasteiger partial charge in [0, 0.05) is 5.69 Å². The van der Waals surface area contributed by atoms with Gasteiger partial charge >= 0.3 is 5.97 Å². The van der Waals surface area contributed by atoms with Crippen molar-refractivity contribution in [1.82, 2.24) is 0 Å². The van der Waals surface area contributed by atoms with E-state index in [4.69, 9.17) is 23.2 Å². The van der Waals surface area contributed by atoms with Crippen LogP contribution in [0.25, 0.3) is 0 Å². The van der Waals surface area contributed by atoms with E-state index in [-0.39, 0.29) is 12.3 Å². The molecule has 4 nitrogen and oxygen atoms in total. The number of hydrogen-bond donors (Lipinski definition) is 1. The molecule has 0 bridgehead atoms. The van der Waals surface area contributed by atoms with Crippen molar-refractivity contribution in [2.45, 2.75) is 6.42 Å². The number of methoxy groups -OCH3 is 1. The van der Waals surface area contributed by atoms with Crippen LogP contribution >= 0.6 is 23.2 Å². The lowest BCUT2D eigenvalue weighted by atomic mass is 10.1. The molecule has 0 atom stereocenters. The highest BCUT2D eigenvalue weighted by Crippen LogP contribution is 2.23. The number of hydrogen-bond acceptors (Lipinski definition) is 3. The molecule has 0 aliphatic carbocycles. The second-order valence-electron chi connectivity index (χ2n) is 4.54. The van der Waals surface area contributed by atoms with E-state index < -0.39 is 5.97 Å². The van der Waals surface area contributed by atoms with Crippen LogP contribution in [0.4, 0.5) is 5.69 Å². The van der Waals surface area contributed by atoms with Crippen LogP contribution < -0.4 is 5.32 Å². The summed E-state index contributed by atoms with van der Waals surface area (Å²) in [6, 6.07) is 11.5. The maximum atomic E-state index is 12.0. The third kappa shape index (κ3) is 4.23. The van der Waals surface area contributed by atoms with E-state index in [1.807, 2.05) is 0 Å². The minimum absolute atomic E-state index is 0.176. The van der Waals surface area contributed by atoms with E-state index in [1.54, 1.807) is 42.5 Å². The number of carbonyl (C=O) groups excluding carboxylic acids is 2. The van der Waals surface area contributed by atoms with Crippen LogP contribution in [0.5, 0.6) is 0 Å². The fraction of sp³-hybridized carbons (Fsp3) is 0.125. The molecule has 6 heteroatoms. The van der Waals surface area contributed by atoms with Gasteiger partial charge in [0.1, 0.15) is 0 Å². The molecule has 114 valence electrons. The van der Waals surface area contributed by atoms with Crippen LogP contribution in [-0.2, 0) is 16.0 Å². The van der Waals surface area contributed by atoms with Gasteiger partial charge in [0.15, 0.2) is 0 Å². The van der Waals surface area contributed by atoms with Crippen LogP contribution in [0.3, 0.4) is 0 Å². The molecule has 2 aromatic carbocycles. The first kappa shape index (κ1) is 16.3. The van der Waals surface area contributed by atoms with Crippen molar-refractivity contribution in [1.29, 1.82) is 0 Å². The Hall–Kier alpha value is -2.04. The zero-order valence-corrected chi connectivity index (χ0v) is 13.2. The molecule has 2 aromatic rings. The predicted molar refractivity (Wildman–Crippen MR) is 86.6 cm³/mol. The highest BCUT2D eigenvalue weighted by atomic mass is 35.5. The quantitative estimate of drug-likeness (QED) is 0.859. The van der Waals surface area contributed by atoms with E-state index in [0.29, 0.717) is 21.3 Å². The average Bonchev–Trinajstić information content (AvgIpc) is 2.51. The molecule has 0 heterocycles. The van der Waals surface area contributed by atoms with E-state index >= 15 is 0 Å². The number of benzene rings is 2. The Morgan fingerprint density at radius 1 is 1.05 bits per heavy atom. The Kier molecular flexibility index (Phi) is 5.41. The monoisotopic (exact) mass is 337 g/mol. The first-order valence-electron chi connectivity index (χ1n) is 6.42. The molecular formula is C16H13Cl2NO3. The smallest absolute Gasteiger partial charge is 0.337 e. The van der Waals surface area contributed by atoms with Crippen LogP contribution in [-0.4, -0.2) is 19.0 Å². The van der Waals surface area contributed by atoms with Crippen molar-refractivity contribution < 1.29 is 14.3 Å². The van der Waals surface area contributed by atoms with E-state index in [2.05, 4.69) is 10.1 Å². The standard InChI is InChI=1S/C16H13Cl2NO3/c1-22-16(21)11-3-5-12(6-4-11)19-15(20)9-10-2-7-13(17)14(18)8-10/h2-8H,9H2,1H3,(H,19,20). The maximum Gasteiger partial charge on any atom is 0.337 e. The van der Waals surface area contributed by atoms with Crippen molar-refractivity contribution in [3.63, 3.8) is 0 Å². The van der Waals surface area contributed by atoms with Crippen LogP contribution in [0, 0.1) is 0 Å². The van der Waals surface area contributed by atoms with Gasteiger partial charge in [0.25, 0.3) is 0 Å². The van der Waals surface area contributed by atoms with Crippen molar-refractivity contribution >= 4 is 40.8 Å². The number of ether oxygens (including phenoxy) is 1. The normalized spacial score (nSPS) is 10.1. The third-order valence-corrected chi connectivity index (χ3v) is 3.68. The second-order valence-corrected chi connectivity index (χ2v) is 5.36. The molecule has 0 spiro atoms. The lowest BCUT2D eigenvalue weighted by molar-refractivity contribution is -0.115. The Morgan fingerprint density at radius 3 is 2.32 bits per heavy atom. The summed E-state index contributed by atoms with van der Waals surface area (Å²) < 4.78 is 4.61. The van der Waals surface area contributed by atoms with Gasteiger partial charge in [0.05, 0.1) is 29.1 Å². The maximum absolute atomic E-state index is 12.0. The molecule has 1 N–H and O–H groups in total. The molecule has 0 aliphatic rings. The molecule has 0 saturated heterocycles. The fourth-order valence-corrected chi connectivity index (χ4v) is 2.17. The van der Waals surface area contributed by atoms with Crippen molar-refractivity contribution in [2.24, 2.45) is 0 Å². The topological polar surface area (TPSA) is 55.4 Å². The first-order valence-corrected chi connectivity index (χ1v) is 7.17. The molecule has 0 aliphatic heterocycles. The van der Waals surface area contributed by atoms with Crippen molar-refractivity contribution in [3.05, 3.63) is 63.6 Å². The highest BCUT2D eigenvalue weighted by molar-refractivity contribution is 6.42.